The number of methoxy groups -OCH3 is 1. The number of hydrogen-bond acceptors (Lipinski definition) is 4. The molecule has 1 atom stereocenters. The van der Waals surface area contributed by atoms with Crippen LogP contribution in [0.25, 0.3) is 0 Å². The summed E-state index contributed by atoms with van der Waals surface area (Å²) in [5, 5.41) is 6.73. The standard InChI is InChI=1S/C17H21N3O2S/c1-12-8-9-16(18-10-12)20-17(23)19-13(2)11-22-15-7-5-4-6-14(15)21-3/h4-10,13H,11H2,1-3H3,(H2,18,19,20,23). The van der Waals surface area contributed by atoms with Gasteiger partial charge in [-0.05, 0) is 49.8 Å². The van der Waals surface area contributed by atoms with Gasteiger partial charge in [0.2, 0.25) is 0 Å². The summed E-state index contributed by atoms with van der Waals surface area (Å²) < 4.78 is 11.0. The number of para-hydroxylation sites is 2. The molecular formula is C17H21N3O2S. The Morgan fingerprint density at radius 3 is 2.61 bits per heavy atom. The molecule has 1 heterocycles. The minimum atomic E-state index is 0.0327. The van der Waals surface area contributed by atoms with E-state index in [1.54, 1.807) is 13.3 Å². The minimum absolute atomic E-state index is 0.0327. The normalized spacial score (nSPS) is 11.4. The second kappa shape index (κ2) is 8.33. The first-order valence-corrected chi connectivity index (χ1v) is 7.75. The number of aromatic nitrogens is 1. The Hall–Kier alpha value is -2.34. The molecule has 0 aliphatic rings. The van der Waals surface area contributed by atoms with E-state index in [0.717, 1.165) is 5.56 Å². The van der Waals surface area contributed by atoms with Crippen molar-refractivity contribution in [1.29, 1.82) is 0 Å². The first-order valence-electron chi connectivity index (χ1n) is 7.34. The third-order valence-corrected chi connectivity index (χ3v) is 3.31. The van der Waals surface area contributed by atoms with Crippen molar-refractivity contribution in [3.8, 4) is 11.5 Å². The molecule has 6 heteroatoms. The lowest BCUT2D eigenvalue weighted by atomic mass is 10.3. The van der Waals surface area contributed by atoms with Gasteiger partial charge in [0.25, 0.3) is 0 Å². The third kappa shape index (κ3) is 5.41. The highest BCUT2D eigenvalue weighted by Crippen LogP contribution is 2.25. The maximum Gasteiger partial charge on any atom is 0.172 e. The summed E-state index contributed by atoms with van der Waals surface area (Å²) in [4.78, 5) is 4.26. The molecule has 1 aromatic heterocycles. The van der Waals surface area contributed by atoms with Gasteiger partial charge in [-0.2, -0.15) is 0 Å². The summed E-state index contributed by atoms with van der Waals surface area (Å²) in [6.45, 7) is 4.44. The molecule has 0 saturated carbocycles. The number of benzene rings is 1. The molecule has 0 saturated heterocycles. The van der Waals surface area contributed by atoms with Crippen molar-refractivity contribution in [1.82, 2.24) is 10.3 Å². The van der Waals surface area contributed by atoms with Gasteiger partial charge in [0, 0.05) is 6.20 Å². The van der Waals surface area contributed by atoms with Crippen LogP contribution in [-0.2, 0) is 0 Å². The van der Waals surface area contributed by atoms with Crippen LogP contribution in [0.5, 0.6) is 11.5 Å². The number of nitrogens with one attached hydrogen (secondary N) is 2. The number of rotatable bonds is 6. The van der Waals surface area contributed by atoms with Gasteiger partial charge in [0.15, 0.2) is 16.6 Å². The van der Waals surface area contributed by atoms with E-state index in [1.807, 2.05) is 50.2 Å². The quantitative estimate of drug-likeness (QED) is 0.793. The maximum atomic E-state index is 5.77. The predicted octanol–water partition coefficient (Wildman–Crippen LogP) is 3.15. The van der Waals surface area contributed by atoms with Gasteiger partial charge in [0.1, 0.15) is 12.4 Å². The van der Waals surface area contributed by atoms with Crippen LogP contribution < -0.4 is 20.1 Å². The van der Waals surface area contributed by atoms with Crippen molar-refractivity contribution < 1.29 is 9.47 Å². The van der Waals surface area contributed by atoms with Gasteiger partial charge in [-0.1, -0.05) is 18.2 Å². The Morgan fingerprint density at radius 1 is 1.22 bits per heavy atom. The lowest BCUT2D eigenvalue weighted by Gasteiger charge is -2.18. The van der Waals surface area contributed by atoms with E-state index in [4.69, 9.17) is 21.7 Å². The van der Waals surface area contributed by atoms with Gasteiger partial charge in [-0.3, -0.25) is 0 Å². The monoisotopic (exact) mass is 331 g/mol. The summed E-state index contributed by atoms with van der Waals surface area (Å²) in [7, 11) is 1.62. The van der Waals surface area contributed by atoms with Crippen LogP contribution in [-0.4, -0.2) is 29.9 Å². The molecule has 5 nitrogen and oxygen atoms in total. The van der Waals surface area contributed by atoms with E-state index in [-0.39, 0.29) is 6.04 Å². The van der Waals surface area contributed by atoms with Crippen LogP contribution in [0.3, 0.4) is 0 Å². The van der Waals surface area contributed by atoms with Crippen LogP contribution in [0.2, 0.25) is 0 Å². The molecule has 122 valence electrons. The van der Waals surface area contributed by atoms with Crippen molar-refractivity contribution >= 4 is 23.1 Å². The van der Waals surface area contributed by atoms with Gasteiger partial charge >= 0.3 is 0 Å². The highest BCUT2D eigenvalue weighted by molar-refractivity contribution is 7.80. The zero-order chi connectivity index (χ0) is 16.7. The van der Waals surface area contributed by atoms with Crippen LogP contribution in [0.15, 0.2) is 42.6 Å². The van der Waals surface area contributed by atoms with Crippen molar-refractivity contribution in [3.63, 3.8) is 0 Å². The van der Waals surface area contributed by atoms with E-state index in [2.05, 4.69) is 15.6 Å². The second-order valence-corrected chi connectivity index (χ2v) is 5.59. The zero-order valence-corrected chi connectivity index (χ0v) is 14.3. The molecule has 0 spiro atoms. The fourth-order valence-electron chi connectivity index (χ4n) is 1.91. The van der Waals surface area contributed by atoms with E-state index in [1.165, 1.54) is 0 Å². The van der Waals surface area contributed by atoms with E-state index in [9.17, 15) is 0 Å². The Labute approximate surface area is 142 Å². The first-order chi connectivity index (χ1) is 11.1. The number of anilines is 1. The van der Waals surface area contributed by atoms with E-state index in [0.29, 0.717) is 29.0 Å². The molecule has 0 fully saturated rings. The second-order valence-electron chi connectivity index (χ2n) is 5.18. The predicted molar refractivity (Wildman–Crippen MR) is 96.3 cm³/mol. The van der Waals surface area contributed by atoms with Crippen molar-refractivity contribution in [3.05, 3.63) is 48.2 Å². The molecule has 1 unspecified atom stereocenters. The molecule has 0 aliphatic carbocycles. The van der Waals surface area contributed by atoms with Crippen LogP contribution in [0, 0.1) is 6.92 Å². The van der Waals surface area contributed by atoms with Gasteiger partial charge < -0.3 is 20.1 Å². The molecule has 1 aromatic carbocycles. The molecule has 0 aliphatic heterocycles. The highest BCUT2D eigenvalue weighted by atomic mass is 32.1. The number of thiocarbonyl (C=S) groups is 1. The summed E-state index contributed by atoms with van der Waals surface area (Å²) >= 11 is 5.28. The lowest BCUT2D eigenvalue weighted by molar-refractivity contribution is 0.270. The average molecular weight is 331 g/mol. The van der Waals surface area contributed by atoms with E-state index < -0.39 is 0 Å². The average Bonchev–Trinajstić information content (AvgIpc) is 2.55. The lowest BCUT2D eigenvalue weighted by Crippen LogP contribution is -2.39. The Bertz CT molecular complexity index is 647. The Balaban J connectivity index is 1.81. The highest BCUT2D eigenvalue weighted by Gasteiger charge is 2.08. The van der Waals surface area contributed by atoms with Gasteiger partial charge in [-0.25, -0.2) is 4.98 Å². The summed E-state index contributed by atoms with van der Waals surface area (Å²) in [5.74, 6) is 2.14. The van der Waals surface area contributed by atoms with Crippen molar-refractivity contribution in [2.75, 3.05) is 19.0 Å². The fourth-order valence-corrected chi connectivity index (χ4v) is 2.22. The number of aryl methyl sites for hydroxylation is 1. The molecule has 23 heavy (non-hydrogen) atoms. The van der Waals surface area contributed by atoms with Crippen molar-refractivity contribution in [2.24, 2.45) is 0 Å². The maximum absolute atomic E-state index is 5.77. The van der Waals surface area contributed by atoms with Crippen LogP contribution >= 0.6 is 12.2 Å². The van der Waals surface area contributed by atoms with Gasteiger partial charge in [-0.15, -0.1) is 0 Å². The summed E-state index contributed by atoms with van der Waals surface area (Å²) in [5.41, 5.74) is 1.10. The first kappa shape index (κ1) is 17.0. The molecule has 0 amide bonds. The minimum Gasteiger partial charge on any atom is -0.493 e. The number of ether oxygens (including phenoxy) is 2. The SMILES string of the molecule is COc1ccccc1OCC(C)NC(=S)Nc1ccc(C)cn1. The van der Waals surface area contributed by atoms with Crippen LogP contribution in [0.1, 0.15) is 12.5 Å². The molecule has 0 bridgehead atoms. The molecular weight excluding hydrogens is 310 g/mol. The van der Waals surface area contributed by atoms with Crippen molar-refractivity contribution in [2.45, 2.75) is 19.9 Å². The summed E-state index contributed by atoms with van der Waals surface area (Å²) in [6.07, 6.45) is 1.79. The smallest absolute Gasteiger partial charge is 0.172 e. The van der Waals surface area contributed by atoms with Gasteiger partial charge in [0.05, 0.1) is 13.2 Å². The molecule has 2 rings (SSSR count). The summed E-state index contributed by atoms with van der Waals surface area (Å²) in [6, 6.07) is 11.4. The third-order valence-electron chi connectivity index (χ3n) is 3.09. The number of pyridine rings is 1. The molecule has 2 N–H and O–H groups in total. The zero-order valence-electron chi connectivity index (χ0n) is 13.5. The Kier molecular flexibility index (Phi) is 6.17. The fraction of sp³-hybridized carbons (Fsp3) is 0.294. The topological polar surface area (TPSA) is 55.4 Å². The molecule has 0 radical (unpaired) electrons. The molecule has 2 aromatic rings. The Morgan fingerprint density at radius 2 is 1.96 bits per heavy atom. The van der Waals surface area contributed by atoms with Crippen LogP contribution in [0.4, 0.5) is 5.82 Å². The number of nitrogens with zero attached hydrogens (tertiary/aromatic N) is 1. The largest absolute Gasteiger partial charge is 0.493 e. The van der Waals surface area contributed by atoms with E-state index >= 15 is 0 Å². The number of hydrogen-bond donors (Lipinski definition) is 2.